The minimum atomic E-state index is -1.31. The van der Waals surface area contributed by atoms with Gasteiger partial charge in [0.05, 0.1) is 5.41 Å². The molecular formula is C42H54N2O12. The maximum Gasteiger partial charge on any atom is 0.412 e. The molecule has 0 saturated heterocycles. The van der Waals surface area contributed by atoms with Crippen molar-refractivity contribution in [3.05, 3.63) is 97.1 Å². The zero-order chi connectivity index (χ0) is 42.3. The highest BCUT2D eigenvalue weighted by atomic mass is 16.6. The Balaban J connectivity index is 2.09. The molecule has 2 aromatic rings. The predicted octanol–water partition coefficient (Wildman–Crippen LogP) is 7.86. The number of esters is 4. The van der Waals surface area contributed by atoms with E-state index in [4.69, 9.17) is 28.4 Å². The minimum absolute atomic E-state index is 0.0406. The first-order valence-electron chi connectivity index (χ1n) is 17.8. The summed E-state index contributed by atoms with van der Waals surface area (Å²) in [4.78, 5) is 76.5. The second-order valence-electron chi connectivity index (χ2n) is 15.2. The van der Waals surface area contributed by atoms with Gasteiger partial charge < -0.3 is 28.4 Å². The van der Waals surface area contributed by atoms with Gasteiger partial charge in [-0.25, -0.2) is 24.0 Å². The molecule has 0 aliphatic heterocycles. The molecular weight excluding hydrogens is 724 g/mol. The summed E-state index contributed by atoms with van der Waals surface area (Å²) in [6.07, 6.45) is -4.04. The molecule has 14 heteroatoms. The molecule has 56 heavy (non-hydrogen) atoms. The van der Waals surface area contributed by atoms with Crippen LogP contribution in [-0.4, -0.2) is 72.7 Å². The van der Waals surface area contributed by atoms with E-state index < -0.39 is 71.5 Å². The quantitative estimate of drug-likeness (QED) is 0.0756. The lowest BCUT2D eigenvalue weighted by atomic mass is 9.86. The zero-order valence-corrected chi connectivity index (χ0v) is 33.5. The van der Waals surface area contributed by atoms with Crippen LogP contribution in [0.2, 0.25) is 0 Å². The summed E-state index contributed by atoms with van der Waals surface area (Å²) in [7, 11) is 0. The standard InChI is InChI=1S/C42H54N2O12/c1-27(2)34(45)51-25-32(53-38(49)43-30-18-14-12-15-19-30)23-42(10,11)56-36(47)29(5)22-40(6,7)37(48)52-26-33(24-41(8,9)55-35(46)28(3)4)54-39(50)44-31-20-16-13-17-21-31/h12-21,32-33H,1,3,5,22-26H2,2,4,6-11H3,(H,43,49)(H,44,50). The molecule has 0 bridgehead atoms. The Kier molecular flexibility index (Phi) is 17.1. The van der Waals surface area contributed by atoms with E-state index in [-0.39, 0.29) is 42.6 Å². The number of carbonyl (C=O) groups excluding carboxylic acids is 6. The fourth-order valence-electron chi connectivity index (χ4n) is 5.08. The van der Waals surface area contributed by atoms with E-state index in [1.165, 1.54) is 13.8 Å². The predicted molar refractivity (Wildman–Crippen MR) is 209 cm³/mol. The second-order valence-corrected chi connectivity index (χ2v) is 15.2. The van der Waals surface area contributed by atoms with Crippen LogP contribution < -0.4 is 10.6 Å². The topological polar surface area (TPSA) is 182 Å². The van der Waals surface area contributed by atoms with Gasteiger partial charge in [0.25, 0.3) is 0 Å². The summed E-state index contributed by atoms with van der Waals surface area (Å²) in [5.74, 6) is -2.90. The van der Waals surface area contributed by atoms with E-state index in [0.717, 1.165) is 0 Å². The first-order valence-corrected chi connectivity index (χ1v) is 17.8. The van der Waals surface area contributed by atoms with Crippen molar-refractivity contribution in [2.24, 2.45) is 5.41 Å². The molecule has 2 rings (SSSR count). The average molecular weight is 779 g/mol. The van der Waals surface area contributed by atoms with Crippen LogP contribution in [0.25, 0.3) is 0 Å². The van der Waals surface area contributed by atoms with Crippen molar-refractivity contribution < 1.29 is 57.2 Å². The van der Waals surface area contributed by atoms with E-state index in [1.54, 1.807) is 102 Å². The van der Waals surface area contributed by atoms with Crippen molar-refractivity contribution in [3.63, 3.8) is 0 Å². The Morgan fingerprint density at radius 2 is 0.982 bits per heavy atom. The van der Waals surface area contributed by atoms with E-state index in [9.17, 15) is 28.8 Å². The molecule has 0 spiro atoms. The van der Waals surface area contributed by atoms with E-state index in [1.807, 2.05) is 0 Å². The van der Waals surface area contributed by atoms with E-state index >= 15 is 0 Å². The molecule has 2 amide bonds. The third-order valence-corrected chi connectivity index (χ3v) is 7.76. The van der Waals surface area contributed by atoms with Crippen molar-refractivity contribution in [1.29, 1.82) is 0 Å². The van der Waals surface area contributed by atoms with Crippen LogP contribution in [0.3, 0.4) is 0 Å². The lowest BCUT2D eigenvalue weighted by molar-refractivity contribution is -0.163. The molecule has 2 aromatic carbocycles. The molecule has 14 nitrogen and oxygen atoms in total. The molecule has 0 radical (unpaired) electrons. The number of hydrogen-bond donors (Lipinski definition) is 2. The van der Waals surface area contributed by atoms with Crippen molar-refractivity contribution >= 4 is 47.4 Å². The fraction of sp³-hybridized carbons (Fsp3) is 0.429. The Morgan fingerprint density at radius 1 is 0.589 bits per heavy atom. The van der Waals surface area contributed by atoms with Gasteiger partial charge in [0, 0.05) is 40.9 Å². The Bertz CT molecular complexity index is 1750. The highest BCUT2D eigenvalue weighted by molar-refractivity contribution is 5.90. The van der Waals surface area contributed by atoms with Gasteiger partial charge in [0.1, 0.15) is 36.6 Å². The Hall–Kier alpha value is -5.92. The first kappa shape index (κ1) is 46.2. The number of amides is 2. The van der Waals surface area contributed by atoms with E-state index in [2.05, 4.69) is 30.4 Å². The molecule has 0 aliphatic rings. The number of nitrogens with one attached hydrogen (secondary N) is 2. The van der Waals surface area contributed by atoms with Crippen LogP contribution in [0.5, 0.6) is 0 Å². The van der Waals surface area contributed by atoms with Gasteiger partial charge >= 0.3 is 36.1 Å². The largest absolute Gasteiger partial charge is 0.461 e. The number of carbonyl (C=O) groups is 6. The highest BCUT2D eigenvalue weighted by Crippen LogP contribution is 2.30. The third kappa shape index (κ3) is 17.0. The molecule has 2 atom stereocenters. The summed E-state index contributed by atoms with van der Waals surface area (Å²) in [6, 6.07) is 17.1. The van der Waals surface area contributed by atoms with Crippen LogP contribution in [0.4, 0.5) is 21.0 Å². The Labute approximate surface area is 328 Å². The van der Waals surface area contributed by atoms with Crippen LogP contribution in [0.15, 0.2) is 97.1 Å². The van der Waals surface area contributed by atoms with Crippen molar-refractivity contribution in [2.45, 2.75) is 98.1 Å². The summed E-state index contributed by atoms with van der Waals surface area (Å²) < 4.78 is 33.2. The summed E-state index contributed by atoms with van der Waals surface area (Å²) in [5.41, 5.74) is -2.53. The monoisotopic (exact) mass is 778 g/mol. The highest BCUT2D eigenvalue weighted by Gasteiger charge is 2.37. The third-order valence-electron chi connectivity index (χ3n) is 7.76. The van der Waals surface area contributed by atoms with Gasteiger partial charge in [0.2, 0.25) is 0 Å². The zero-order valence-electron chi connectivity index (χ0n) is 33.5. The van der Waals surface area contributed by atoms with E-state index in [0.29, 0.717) is 11.4 Å². The molecule has 304 valence electrons. The van der Waals surface area contributed by atoms with Gasteiger partial charge in [0.15, 0.2) is 0 Å². The molecule has 2 unspecified atom stereocenters. The van der Waals surface area contributed by atoms with Crippen LogP contribution in [-0.2, 0) is 47.6 Å². The van der Waals surface area contributed by atoms with Gasteiger partial charge in [-0.15, -0.1) is 0 Å². The lowest BCUT2D eigenvalue weighted by Crippen LogP contribution is -2.39. The van der Waals surface area contributed by atoms with Crippen molar-refractivity contribution in [1.82, 2.24) is 0 Å². The fourth-order valence-corrected chi connectivity index (χ4v) is 5.08. The number of benzene rings is 2. The average Bonchev–Trinajstić information content (AvgIpc) is 3.08. The smallest absolute Gasteiger partial charge is 0.412 e. The molecule has 0 fully saturated rings. The SMILES string of the molecule is C=C(C)C(=O)OCC(CC(C)(C)OC(=O)C(=C)CC(C)(C)C(=O)OCC(CC(C)(C)OC(=O)C(=C)C)OC(=O)Nc1ccccc1)OC(=O)Nc1ccccc1. The van der Waals surface area contributed by atoms with Crippen molar-refractivity contribution in [3.8, 4) is 0 Å². The molecule has 2 N–H and O–H groups in total. The van der Waals surface area contributed by atoms with Gasteiger partial charge in [-0.05, 0) is 86.1 Å². The summed E-state index contributed by atoms with van der Waals surface area (Å²) >= 11 is 0. The molecule has 0 saturated carbocycles. The molecule has 0 heterocycles. The van der Waals surface area contributed by atoms with Crippen LogP contribution in [0, 0.1) is 5.41 Å². The Morgan fingerprint density at radius 3 is 1.39 bits per heavy atom. The number of anilines is 2. The number of para-hydroxylation sites is 2. The maximum absolute atomic E-state index is 13.4. The van der Waals surface area contributed by atoms with Gasteiger partial charge in [-0.2, -0.15) is 0 Å². The van der Waals surface area contributed by atoms with Gasteiger partial charge in [-0.3, -0.25) is 15.4 Å². The van der Waals surface area contributed by atoms with Crippen molar-refractivity contribution in [2.75, 3.05) is 23.8 Å². The van der Waals surface area contributed by atoms with Gasteiger partial charge in [-0.1, -0.05) is 56.1 Å². The van der Waals surface area contributed by atoms with Crippen LogP contribution in [0.1, 0.15) is 74.7 Å². The molecule has 0 aliphatic carbocycles. The second kappa shape index (κ2) is 20.7. The first-order chi connectivity index (χ1) is 26.0. The summed E-state index contributed by atoms with van der Waals surface area (Å²) in [6.45, 7) is 22.7. The number of ether oxygens (including phenoxy) is 6. The summed E-state index contributed by atoms with van der Waals surface area (Å²) in [5, 5.41) is 5.19. The number of rotatable bonds is 20. The minimum Gasteiger partial charge on any atom is -0.461 e. The number of hydrogen-bond acceptors (Lipinski definition) is 12. The maximum atomic E-state index is 13.4. The lowest BCUT2D eigenvalue weighted by Gasteiger charge is -2.31. The normalized spacial score (nSPS) is 12.4. The van der Waals surface area contributed by atoms with Crippen LogP contribution >= 0.6 is 0 Å². The molecule has 0 aromatic heterocycles.